The number of rotatable bonds is 3. The lowest BCUT2D eigenvalue weighted by Gasteiger charge is -2.27. The maximum absolute atomic E-state index is 13.4. The van der Waals surface area contributed by atoms with Gasteiger partial charge in [-0.25, -0.2) is 9.97 Å². The number of benzene rings is 2. The van der Waals surface area contributed by atoms with Crippen molar-refractivity contribution in [2.24, 2.45) is 0 Å². The molecule has 1 amide bonds. The van der Waals surface area contributed by atoms with Gasteiger partial charge in [0.05, 0.1) is 30.9 Å². The van der Waals surface area contributed by atoms with Crippen LogP contribution in [0.2, 0.25) is 5.02 Å². The van der Waals surface area contributed by atoms with Crippen LogP contribution in [0.25, 0.3) is 20.4 Å². The number of aryl methyl sites for hydroxylation is 1. The van der Waals surface area contributed by atoms with Gasteiger partial charge >= 0.3 is 0 Å². The number of amides is 1. The minimum atomic E-state index is -0.501. The van der Waals surface area contributed by atoms with E-state index in [9.17, 15) is 4.79 Å². The Labute approximate surface area is 175 Å². The molecule has 4 nitrogen and oxygen atoms in total. The molecule has 0 radical (unpaired) electrons. The van der Waals surface area contributed by atoms with Gasteiger partial charge in [0.1, 0.15) is 0 Å². The second-order valence-corrected chi connectivity index (χ2v) is 9.90. The summed E-state index contributed by atoms with van der Waals surface area (Å²) in [5.41, 5.74) is 2.43. The zero-order chi connectivity index (χ0) is 19.3. The van der Waals surface area contributed by atoms with Gasteiger partial charge in [0.15, 0.2) is 5.13 Å². The van der Waals surface area contributed by atoms with Crippen molar-refractivity contribution in [2.75, 3.05) is 5.32 Å². The van der Waals surface area contributed by atoms with Gasteiger partial charge in [-0.1, -0.05) is 47.9 Å². The number of hydrogen-bond donors (Lipinski definition) is 1. The fourth-order valence-corrected chi connectivity index (χ4v) is 6.28. The van der Waals surface area contributed by atoms with E-state index in [2.05, 4.69) is 15.3 Å². The summed E-state index contributed by atoms with van der Waals surface area (Å²) in [4.78, 5) is 22.6. The predicted octanol–water partition coefficient (Wildman–Crippen LogP) is 6.32. The summed E-state index contributed by atoms with van der Waals surface area (Å²) in [6.45, 7) is 2.01. The Bertz CT molecular complexity index is 1190. The van der Waals surface area contributed by atoms with Gasteiger partial charge < -0.3 is 5.32 Å². The molecule has 2 aromatic carbocycles. The summed E-state index contributed by atoms with van der Waals surface area (Å²) >= 11 is 9.26. The third-order valence-corrected chi connectivity index (χ3v) is 7.92. The predicted molar refractivity (Wildman–Crippen MR) is 118 cm³/mol. The van der Waals surface area contributed by atoms with Crippen molar-refractivity contribution < 1.29 is 4.79 Å². The number of nitrogens with zero attached hydrogens (tertiary/aromatic N) is 2. The highest BCUT2D eigenvalue weighted by Crippen LogP contribution is 2.43. The molecule has 0 unspecified atom stereocenters. The second kappa shape index (κ2) is 6.79. The largest absolute Gasteiger partial charge is 0.301 e. The van der Waals surface area contributed by atoms with Crippen LogP contribution in [0.5, 0.6) is 0 Å². The van der Waals surface area contributed by atoms with Gasteiger partial charge in [0.2, 0.25) is 5.91 Å². The van der Waals surface area contributed by atoms with Gasteiger partial charge in [-0.05, 0) is 49.6 Å². The quantitative estimate of drug-likeness (QED) is 0.416. The average Bonchev–Trinajstić information content (AvgIpc) is 3.39. The first-order valence-corrected chi connectivity index (χ1v) is 11.3. The molecular formula is C21H18ClN3OS2. The molecule has 7 heteroatoms. The smallest absolute Gasteiger partial charge is 0.236 e. The lowest BCUT2D eigenvalue weighted by Crippen LogP contribution is -2.37. The molecule has 2 aromatic heterocycles. The molecule has 1 fully saturated rings. The summed E-state index contributed by atoms with van der Waals surface area (Å²) in [5, 5.41) is 5.49. The number of hydrogen-bond acceptors (Lipinski definition) is 5. The van der Waals surface area contributed by atoms with E-state index in [-0.39, 0.29) is 5.91 Å². The van der Waals surface area contributed by atoms with E-state index in [0.717, 1.165) is 56.7 Å². The molecule has 4 aromatic rings. The molecule has 1 N–H and O–H groups in total. The summed E-state index contributed by atoms with van der Waals surface area (Å²) in [6, 6.07) is 11.7. The SMILES string of the molecule is Cc1nc2ccc3nc(NC(=O)C4(c5ccc(Cl)cc5)CCCC4)sc3c2s1. The third-order valence-electron chi connectivity index (χ3n) is 5.53. The highest BCUT2D eigenvalue weighted by Gasteiger charge is 2.43. The number of carbonyl (C=O) groups excluding carboxylic acids is 1. The van der Waals surface area contributed by atoms with Gasteiger partial charge in [-0.15, -0.1) is 11.3 Å². The Morgan fingerprint density at radius 3 is 2.36 bits per heavy atom. The Morgan fingerprint density at radius 2 is 1.64 bits per heavy atom. The number of anilines is 1. The average molecular weight is 428 g/mol. The molecule has 0 atom stereocenters. The molecule has 1 aliphatic carbocycles. The van der Waals surface area contributed by atoms with E-state index >= 15 is 0 Å². The van der Waals surface area contributed by atoms with Crippen LogP contribution in [-0.4, -0.2) is 15.9 Å². The molecule has 28 heavy (non-hydrogen) atoms. The third kappa shape index (κ3) is 2.91. The number of halogens is 1. The van der Waals surface area contributed by atoms with Crippen molar-refractivity contribution in [3.05, 3.63) is 52.0 Å². The van der Waals surface area contributed by atoms with E-state index < -0.39 is 5.41 Å². The van der Waals surface area contributed by atoms with Gasteiger partial charge in [0.25, 0.3) is 0 Å². The Hall–Kier alpha value is -2.02. The second-order valence-electron chi connectivity index (χ2n) is 7.26. The summed E-state index contributed by atoms with van der Waals surface area (Å²) in [5.74, 6) is 0.0307. The first-order chi connectivity index (χ1) is 13.5. The van der Waals surface area contributed by atoms with Crippen LogP contribution in [0.3, 0.4) is 0 Å². The Balaban J connectivity index is 1.51. The monoisotopic (exact) mass is 427 g/mol. The van der Waals surface area contributed by atoms with Crippen LogP contribution in [-0.2, 0) is 10.2 Å². The van der Waals surface area contributed by atoms with Crippen molar-refractivity contribution in [2.45, 2.75) is 38.0 Å². The Morgan fingerprint density at radius 1 is 1.00 bits per heavy atom. The molecule has 0 spiro atoms. The summed E-state index contributed by atoms with van der Waals surface area (Å²) in [6.07, 6.45) is 3.81. The van der Waals surface area contributed by atoms with Crippen molar-refractivity contribution in [3.8, 4) is 0 Å². The molecule has 0 bridgehead atoms. The molecule has 2 heterocycles. The van der Waals surface area contributed by atoms with Gasteiger partial charge in [0, 0.05) is 5.02 Å². The van der Waals surface area contributed by atoms with Crippen LogP contribution in [0, 0.1) is 6.92 Å². The lowest BCUT2D eigenvalue weighted by atomic mass is 9.78. The first-order valence-electron chi connectivity index (χ1n) is 9.29. The highest BCUT2D eigenvalue weighted by molar-refractivity contribution is 7.28. The van der Waals surface area contributed by atoms with Crippen LogP contribution >= 0.6 is 34.3 Å². The van der Waals surface area contributed by atoms with Crippen LogP contribution in [0.1, 0.15) is 36.3 Å². The van der Waals surface area contributed by atoms with E-state index in [1.165, 1.54) is 11.3 Å². The van der Waals surface area contributed by atoms with Crippen LogP contribution in [0.4, 0.5) is 5.13 Å². The molecule has 5 rings (SSSR count). The molecular weight excluding hydrogens is 410 g/mol. The summed E-state index contributed by atoms with van der Waals surface area (Å²) < 4.78 is 2.23. The Kier molecular flexibility index (Phi) is 4.38. The maximum Gasteiger partial charge on any atom is 0.236 e. The van der Waals surface area contributed by atoms with Gasteiger partial charge in [-0.3, -0.25) is 4.79 Å². The molecule has 0 aliphatic heterocycles. The van der Waals surface area contributed by atoms with E-state index in [0.29, 0.717) is 10.2 Å². The zero-order valence-corrected chi connectivity index (χ0v) is 17.7. The first kappa shape index (κ1) is 18.0. The van der Waals surface area contributed by atoms with Crippen LogP contribution in [0.15, 0.2) is 36.4 Å². The molecule has 1 aliphatic rings. The fraction of sp³-hybridized carbons (Fsp3) is 0.286. The minimum Gasteiger partial charge on any atom is -0.301 e. The van der Waals surface area contributed by atoms with Crippen LogP contribution < -0.4 is 5.32 Å². The number of fused-ring (bicyclic) bond motifs is 3. The number of nitrogens with one attached hydrogen (secondary N) is 1. The molecule has 1 saturated carbocycles. The number of aromatic nitrogens is 2. The number of thiazole rings is 2. The standard InChI is InChI=1S/C21H18ClN3OS2/c1-12-23-15-8-9-16-18(17(15)27-12)28-20(24-16)25-19(26)21(10-2-3-11-21)13-4-6-14(22)7-5-13/h4-9H,2-3,10-11H2,1H3,(H,24,25,26). The van der Waals surface area contributed by atoms with Gasteiger partial charge in [-0.2, -0.15) is 0 Å². The fourth-order valence-electron chi connectivity index (χ4n) is 4.15. The molecule has 0 saturated heterocycles. The van der Waals surface area contributed by atoms with E-state index in [1.54, 1.807) is 11.3 Å². The highest BCUT2D eigenvalue weighted by atomic mass is 35.5. The zero-order valence-electron chi connectivity index (χ0n) is 15.3. The van der Waals surface area contributed by atoms with Crippen molar-refractivity contribution in [1.82, 2.24) is 9.97 Å². The van der Waals surface area contributed by atoms with E-state index in [4.69, 9.17) is 11.6 Å². The molecule has 142 valence electrons. The normalized spacial score (nSPS) is 16.1. The minimum absolute atomic E-state index is 0.0307. The van der Waals surface area contributed by atoms with Crippen molar-refractivity contribution in [3.63, 3.8) is 0 Å². The van der Waals surface area contributed by atoms with Crippen molar-refractivity contribution in [1.29, 1.82) is 0 Å². The maximum atomic E-state index is 13.4. The van der Waals surface area contributed by atoms with Crippen molar-refractivity contribution >= 4 is 65.7 Å². The lowest BCUT2D eigenvalue weighted by molar-refractivity contribution is -0.121. The number of carbonyl (C=O) groups is 1. The summed E-state index contributed by atoms with van der Waals surface area (Å²) in [7, 11) is 0. The topological polar surface area (TPSA) is 54.9 Å². The van der Waals surface area contributed by atoms with E-state index in [1.807, 2.05) is 43.3 Å².